The maximum absolute atomic E-state index is 12.5. The molecule has 6 heteroatoms. The number of hydrogen-bond acceptors (Lipinski definition) is 1. The first-order valence-corrected chi connectivity index (χ1v) is 4.48. The van der Waals surface area contributed by atoms with E-state index in [4.69, 9.17) is 0 Å². The van der Waals surface area contributed by atoms with Crippen molar-refractivity contribution in [3.8, 4) is 0 Å². The van der Waals surface area contributed by atoms with Gasteiger partial charge in [0.25, 0.3) is 0 Å². The average Bonchev–Trinajstić information content (AvgIpc) is 2.47. The Kier molecular flexibility index (Phi) is 2.02. The van der Waals surface area contributed by atoms with Crippen LogP contribution >= 0.6 is 15.9 Å². The lowest BCUT2D eigenvalue weighted by atomic mass is 10.2. The molecule has 1 N–H and O–H groups in total. The standard InChI is InChI=1S/C8H4BrF3N2/c9-5-1-2-13-7-6(5)4(3-14-7)8(10,11)12/h1-3H,(H,13,14). The van der Waals surface area contributed by atoms with Crippen LogP contribution in [0.4, 0.5) is 13.2 Å². The second-order valence-corrected chi connectivity index (χ2v) is 3.57. The molecule has 0 spiro atoms. The largest absolute Gasteiger partial charge is 0.418 e. The first kappa shape index (κ1) is 9.51. The third kappa shape index (κ3) is 1.39. The zero-order chi connectivity index (χ0) is 10.3. The zero-order valence-electron chi connectivity index (χ0n) is 6.69. The van der Waals surface area contributed by atoms with Crippen LogP contribution in [-0.2, 0) is 6.18 Å². The van der Waals surface area contributed by atoms with E-state index in [9.17, 15) is 13.2 Å². The van der Waals surface area contributed by atoms with Gasteiger partial charge in [-0.25, -0.2) is 4.98 Å². The van der Waals surface area contributed by atoms with Crippen LogP contribution in [0.3, 0.4) is 0 Å². The fourth-order valence-electron chi connectivity index (χ4n) is 1.24. The minimum absolute atomic E-state index is 0.0694. The molecule has 0 aliphatic carbocycles. The normalized spacial score (nSPS) is 12.3. The van der Waals surface area contributed by atoms with Crippen molar-refractivity contribution in [2.75, 3.05) is 0 Å². The minimum atomic E-state index is -4.36. The van der Waals surface area contributed by atoms with E-state index in [-0.39, 0.29) is 11.0 Å². The van der Waals surface area contributed by atoms with Gasteiger partial charge in [0, 0.05) is 22.3 Å². The van der Waals surface area contributed by atoms with Crippen LogP contribution < -0.4 is 0 Å². The SMILES string of the molecule is FC(F)(F)c1c[nH]c2nccc(Br)c12. The number of pyridine rings is 1. The van der Waals surface area contributed by atoms with Gasteiger partial charge in [0.2, 0.25) is 0 Å². The summed E-state index contributed by atoms with van der Waals surface area (Å²) in [5.41, 5.74) is -0.473. The van der Waals surface area contributed by atoms with E-state index < -0.39 is 11.7 Å². The molecule has 74 valence electrons. The summed E-state index contributed by atoms with van der Waals surface area (Å²) in [5, 5.41) is 0.0694. The van der Waals surface area contributed by atoms with Crippen LogP contribution in [0, 0.1) is 0 Å². The molecule has 2 heterocycles. The summed E-state index contributed by atoms with van der Waals surface area (Å²) in [5.74, 6) is 0. The van der Waals surface area contributed by atoms with E-state index in [0.29, 0.717) is 4.47 Å². The number of rotatable bonds is 0. The Bertz CT molecular complexity index is 475. The molecule has 0 aromatic carbocycles. The zero-order valence-corrected chi connectivity index (χ0v) is 8.28. The predicted octanol–water partition coefficient (Wildman–Crippen LogP) is 3.34. The molecule has 2 rings (SSSR count). The molecule has 0 bridgehead atoms. The van der Waals surface area contributed by atoms with E-state index in [0.717, 1.165) is 6.20 Å². The Morgan fingerprint density at radius 2 is 2.07 bits per heavy atom. The molecule has 0 unspecified atom stereocenters. The number of fused-ring (bicyclic) bond motifs is 1. The lowest BCUT2D eigenvalue weighted by Gasteiger charge is -2.04. The number of aromatic amines is 1. The number of aromatic nitrogens is 2. The van der Waals surface area contributed by atoms with Gasteiger partial charge in [0.05, 0.1) is 5.56 Å². The summed E-state index contributed by atoms with van der Waals surface area (Å²) in [6, 6.07) is 1.48. The number of halogens is 4. The molecule has 2 aromatic rings. The average molecular weight is 265 g/mol. The van der Waals surface area contributed by atoms with Gasteiger partial charge in [-0.05, 0) is 22.0 Å². The molecule has 0 atom stereocenters. The molecule has 0 radical (unpaired) electrons. The molecule has 14 heavy (non-hydrogen) atoms. The first-order valence-electron chi connectivity index (χ1n) is 3.69. The number of H-pyrrole nitrogens is 1. The summed E-state index contributed by atoms with van der Waals surface area (Å²) < 4.78 is 37.8. The topological polar surface area (TPSA) is 28.7 Å². The molecule has 0 amide bonds. The second-order valence-electron chi connectivity index (χ2n) is 2.72. The molecule has 0 aliphatic rings. The van der Waals surface area contributed by atoms with E-state index >= 15 is 0 Å². The van der Waals surface area contributed by atoms with Crippen molar-refractivity contribution >= 4 is 27.0 Å². The van der Waals surface area contributed by atoms with Gasteiger partial charge in [-0.15, -0.1) is 0 Å². The molecule has 0 aliphatic heterocycles. The summed E-state index contributed by atoms with van der Waals surface area (Å²) in [6.07, 6.45) is -2.00. The van der Waals surface area contributed by atoms with Crippen molar-refractivity contribution in [1.82, 2.24) is 9.97 Å². The van der Waals surface area contributed by atoms with Crippen LogP contribution in [0.2, 0.25) is 0 Å². The summed E-state index contributed by atoms with van der Waals surface area (Å²) in [4.78, 5) is 6.27. The Morgan fingerprint density at radius 3 is 2.71 bits per heavy atom. The van der Waals surface area contributed by atoms with E-state index in [1.807, 2.05) is 0 Å². The molecule has 0 fully saturated rings. The predicted molar refractivity (Wildman–Crippen MR) is 48.8 cm³/mol. The van der Waals surface area contributed by atoms with Crippen molar-refractivity contribution in [3.63, 3.8) is 0 Å². The Balaban J connectivity index is 2.80. The Hall–Kier alpha value is -1.04. The fourth-order valence-corrected chi connectivity index (χ4v) is 1.76. The van der Waals surface area contributed by atoms with Gasteiger partial charge in [-0.1, -0.05) is 0 Å². The van der Waals surface area contributed by atoms with Crippen LogP contribution in [0.1, 0.15) is 5.56 Å². The van der Waals surface area contributed by atoms with Crippen LogP contribution in [-0.4, -0.2) is 9.97 Å². The highest BCUT2D eigenvalue weighted by molar-refractivity contribution is 9.10. The molecular formula is C8H4BrF3N2. The highest BCUT2D eigenvalue weighted by Gasteiger charge is 2.34. The highest BCUT2D eigenvalue weighted by atomic mass is 79.9. The monoisotopic (exact) mass is 264 g/mol. The lowest BCUT2D eigenvalue weighted by Crippen LogP contribution is -2.03. The van der Waals surface area contributed by atoms with Crippen molar-refractivity contribution in [3.05, 3.63) is 28.5 Å². The van der Waals surface area contributed by atoms with Crippen LogP contribution in [0.15, 0.2) is 22.9 Å². The van der Waals surface area contributed by atoms with Crippen molar-refractivity contribution in [2.24, 2.45) is 0 Å². The van der Waals surface area contributed by atoms with Crippen LogP contribution in [0.5, 0.6) is 0 Å². The molecule has 0 saturated carbocycles. The molecule has 0 saturated heterocycles. The van der Waals surface area contributed by atoms with E-state index in [1.54, 1.807) is 0 Å². The molecule has 2 aromatic heterocycles. The van der Waals surface area contributed by atoms with Crippen molar-refractivity contribution in [1.29, 1.82) is 0 Å². The van der Waals surface area contributed by atoms with Gasteiger partial charge < -0.3 is 4.98 Å². The minimum Gasteiger partial charge on any atom is -0.345 e. The van der Waals surface area contributed by atoms with Gasteiger partial charge in [0.1, 0.15) is 5.65 Å². The summed E-state index contributed by atoms with van der Waals surface area (Å²) >= 11 is 3.06. The molecular weight excluding hydrogens is 261 g/mol. The van der Waals surface area contributed by atoms with Gasteiger partial charge in [-0.3, -0.25) is 0 Å². The first-order chi connectivity index (χ1) is 6.50. The number of hydrogen-bond donors (Lipinski definition) is 1. The summed E-state index contributed by atoms with van der Waals surface area (Å²) in [6.45, 7) is 0. The van der Waals surface area contributed by atoms with E-state index in [1.165, 1.54) is 12.3 Å². The highest BCUT2D eigenvalue weighted by Crippen LogP contribution is 2.37. The Morgan fingerprint density at radius 1 is 1.36 bits per heavy atom. The van der Waals surface area contributed by atoms with Crippen molar-refractivity contribution in [2.45, 2.75) is 6.18 Å². The quantitative estimate of drug-likeness (QED) is 0.777. The van der Waals surface area contributed by atoms with Crippen molar-refractivity contribution < 1.29 is 13.2 Å². The van der Waals surface area contributed by atoms with Gasteiger partial charge in [-0.2, -0.15) is 13.2 Å². The van der Waals surface area contributed by atoms with Gasteiger partial charge in [0.15, 0.2) is 0 Å². The number of nitrogens with one attached hydrogen (secondary N) is 1. The third-order valence-corrected chi connectivity index (χ3v) is 2.49. The second kappa shape index (κ2) is 2.98. The van der Waals surface area contributed by atoms with Gasteiger partial charge >= 0.3 is 6.18 Å². The molecule has 2 nitrogen and oxygen atoms in total. The number of nitrogens with zero attached hydrogens (tertiary/aromatic N) is 1. The van der Waals surface area contributed by atoms with Crippen LogP contribution in [0.25, 0.3) is 11.0 Å². The fraction of sp³-hybridized carbons (Fsp3) is 0.125. The lowest BCUT2D eigenvalue weighted by molar-refractivity contribution is -0.136. The maximum atomic E-state index is 12.5. The number of alkyl halides is 3. The smallest absolute Gasteiger partial charge is 0.345 e. The maximum Gasteiger partial charge on any atom is 0.418 e. The van der Waals surface area contributed by atoms with E-state index in [2.05, 4.69) is 25.9 Å². The third-order valence-electron chi connectivity index (χ3n) is 1.83. The Labute approximate surface area is 85.3 Å². The summed E-state index contributed by atoms with van der Waals surface area (Å²) in [7, 11) is 0.